The van der Waals surface area contributed by atoms with Gasteiger partial charge in [-0.2, -0.15) is 0 Å². The summed E-state index contributed by atoms with van der Waals surface area (Å²) in [6.45, 7) is 5.22. The van der Waals surface area contributed by atoms with E-state index >= 15 is 0 Å². The van der Waals surface area contributed by atoms with E-state index in [-0.39, 0.29) is 22.7 Å². The number of piperidine rings is 1. The highest BCUT2D eigenvalue weighted by Crippen LogP contribution is 2.59. The highest BCUT2D eigenvalue weighted by molar-refractivity contribution is 6.31. The lowest BCUT2D eigenvalue weighted by Crippen LogP contribution is -2.45. The van der Waals surface area contributed by atoms with Crippen molar-refractivity contribution in [1.82, 2.24) is 10.2 Å². The summed E-state index contributed by atoms with van der Waals surface area (Å²) >= 11 is 6.34. The molecule has 0 unspecified atom stereocenters. The fourth-order valence-electron chi connectivity index (χ4n) is 5.80. The zero-order chi connectivity index (χ0) is 22.0. The number of carbonyl (C=O) groups is 1. The van der Waals surface area contributed by atoms with Gasteiger partial charge in [0.05, 0.1) is 0 Å². The predicted octanol–water partition coefficient (Wildman–Crippen LogP) is 4.81. The maximum atomic E-state index is 13.1. The van der Waals surface area contributed by atoms with Crippen molar-refractivity contribution in [3.05, 3.63) is 70.7 Å². The summed E-state index contributed by atoms with van der Waals surface area (Å²) in [4.78, 5) is 15.6. The van der Waals surface area contributed by atoms with Crippen LogP contribution in [0, 0.1) is 11.3 Å². The van der Waals surface area contributed by atoms with Crippen molar-refractivity contribution in [3.8, 4) is 0 Å². The van der Waals surface area contributed by atoms with Crippen molar-refractivity contribution in [3.63, 3.8) is 0 Å². The first-order valence-electron chi connectivity index (χ1n) is 12.0. The van der Waals surface area contributed by atoms with Gasteiger partial charge in [0.1, 0.15) is 0 Å². The lowest BCUT2D eigenvalue weighted by molar-refractivity contribution is -0.124. The van der Waals surface area contributed by atoms with Crippen molar-refractivity contribution in [1.29, 1.82) is 0 Å². The van der Waals surface area contributed by atoms with Gasteiger partial charge >= 0.3 is 0 Å². The largest absolute Gasteiger partial charge is 0.381 e. The van der Waals surface area contributed by atoms with E-state index in [1.54, 1.807) is 0 Å². The number of benzene rings is 2. The Morgan fingerprint density at radius 3 is 2.41 bits per heavy atom. The monoisotopic (exact) mass is 452 g/mol. The van der Waals surface area contributed by atoms with E-state index in [0.29, 0.717) is 6.54 Å². The molecule has 0 aromatic heterocycles. The number of rotatable bonds is 6. The van der Waals surface area contributed by atoms with Crippen LogP contribution in [0.5, 0.6) is 0 Å². The molecule has 0 radical (unpaired) electrons. The van der Waals surface area contributed by atoms with Crippen molar-refractivity contribution in [2.75, 3.05) is 32.8 Å². The Hall–Kier alpha value is -1.88. The van der Waals surface area contributed by atoms with E-state index in [4.69, 9.17) is 16.3 Å². The molecule has 5 heteroatoms. The molecule has 5 rings (SSSR count). The molecule has 1 atom stereocenters. The molecule has 0 bridgehead atoms. The van der Waals surface area contributed by atoms with Crippen LogP contribution >= 0.6 is 11.6 Å². The van der Waals surface area contributed by atoms with E-state index in [1.807, 2.05) is 12.1 Å². The Morgan fingerprint density at radius 2 is 1.69 bits per heavy atom. The highest BCUT2D eigenvalue weighted by Gasteiger charge is 2.58. The molecule has 1 N–H and O–H groups in total. The quantitative estimate of drug-likeness (QED) is 0.684. The molecule has 2 aromatic carbocycles. The van der Waals surface area contributed by atoms with Crippen LogP contribution in [-0.4, -0.2) is 43.7 Å². The first kappa shape index (κ1) is 21.9. The normalized spacial score (nSPS) is 24.2. The van der Waals surface area contributed by atoms with E-state index < -0.39 is 0 Å². The van der Waals surface area contributed by atoms with Gasteiger partial charge in [0.25, 0.3) is 0 Å². The van der Waals surface area contributed by atoms with Gasteiger partial charge in [-0.3, -0.25) is 9.69 Å². The average Bonchev–Trinajstić information content (AvgIpc) is 3.55. The van der Waals surface area contributed by atoms with Crippen LogP contribution in [-0.2, 0) is 21.5 Å². The van der Waals surface area contributed by atoms with Crippen LogP contribution in [0.4, 0.5) is 0 Å². The molecule has 2 aliphatic heterocycles. The summed E-state index contributed by atoms with van der Waals surface area (Å²) in [5.41, 5.74) is 2.73. The number of nitrogens with one attached hydrogen (secondary N) is 1. The molecule has 32 heavy (non-hydrogen) atoms. The van der Waals surface area contributed by atoms with Gasteiger partial charge in [-0.25, -0.2) is 0 Å². The number of halogens is 1. The van der Waals surface area contributed by atoms with E-state index in [0.717, 1.165) is 70.0 Å². The molecule has 3 fully saturated rings. The Kier molecular flexibility index (Phi) is 6.28. The molecule has 2 saturated heterocycles. The standard InChI is InChI=1S/C27H33ClN2O2/c28-24-9-5-4-6-21(24)19-30-14-10-26(11-15-30)18-23(26)25(31)29-20-27(12-16-32-17-13-27)22-7-2-1-3-8-22/h1-9,23H,10-20H2,(H,29,31)/t23-/m0/s1. The third-order valence-corrected chi connectivity index (χ3v) is 8.52. The molecule has 1 saturated carbocycles. The van der Waals surface area contributed by atoms with Crippen LogP contribution in [0.15, 0.2) is 54.6 Å². The summed E-state index contributed by atoms with van der Waals surface area (Å²) in [5.74, 6) is 0.434. The van der Waals surface area contributed by atoms with Gasteiger partial charge in [0, 0.05) is 42.7 Å². The molecule has 2 heterocycles. The van der Waals surface area contributed by atoms with Crippen LogP contribution < -0.4 is 5.32 Å². The number of nitrogens with zero attached hydrogens (tertiary/aromatic N) is 1. The van der Waals surface area contributed by atoms with Crippen molar-refractivity contribution in [2.24, 2.45) is 11.3 Å². The van der Waals surface area contributed by atoms with E-state index in [2.05, 4.69) is 52.7 Å². The Balaban J connectivity index is 1.15. The van der Waals surface area contributed by atoms with E-state index in [1.165, 1.54) is 11.1 Å². The number of ether oxygens (including phenoxy) is 1. The third-order valence-electron chi connectivity index (χ3n) is 8.15. The maximum Gasteiger partial charge on any atom is 0.223 e. The molecular weight excluding hydrogens is 420 g/mol. The van der Waals surface area contributed by atoms with Gasteiger partial charge in [0.15, 0.2) is 0 Å². The van der Waals surface area contributed by atoms with E-state index in [9.17, 15) is 4.79 Å². The molecule has 3 aliphatic rings. The Morgan fingerprint density at radius 1 is 1.00 bits per heavy atom. The number of carbonyl (C=O) groups excluding carboxylic acids is 1. The summed E-state index contributed by atoms with van der Waals surface area (Å²) < 4.78 is 5.64. The SMILES string of the molecule is O=C(NCC1(c2ccccc2)CCOCC1)[C@@H]1CC12CCN(Cc1ccccc1Cl)CC2. The zero-order valence-electron chi connectivity index (χ0n) is 18.7. The Labute approximate surface area is 196 Å². The topological polar surface area (TPSA) is 41.6 Å². The van der Waals surface area contributed by atoms with Gasteiger partial charge in [0.2, 0.25) is 5.91 Å². The summed E-state index contributed by atoms with van der Waals surface area (Å²) in [5, 5.41) is 4.20. The molecule has 4 nitrogen and oxygen atoms in total. The number of amides is 1. The predicted molar refractivity (Wildman–Crippen MR) is 128 cm³/mol. The molecule has 1 amide bonds. The van der Waals surface area contributed by atoms with Crippen LogP contribution in [0.3, 0.4) is 0 Å². The van der Waals surface area contributed by atoms with Crippen LogP contribution in [0.25, 0.3) is 0 Å². The highest BCUT2D eigenvalue weighted by atomic mass is 35.5. The lowest BCUT2D eigenvalue weighted by atomic mass is 9.74. The molecule has 170 valence electrons. The summed E-state index contributed by atoms with van der Waals surface area (Å²) in [6, 6.07) is 18.8. The number of likely N-dealkylation sites (tertiary alicyclic amines) is 1. The minimum Gasteiger partial charge on any atom is -0.381 e. The van der Waals surface area contributed by atoms with Crippen molar-refractivity contribution < 1.29 is 9.53 Å². The van der Waals surface area contributed by atoms with Crippen molar-refractivity contribution in [2.45, 2.75) is 44.1 Å². The Bertz CT molecular complexity index is 934. The molecule has 1 aliphatic carbocycles. The minimum atomic E-state index is -0.00443. The lowest BCUT2D eigenvalue weighted by Gasteiger charge is -2.38. The maximum absolute atomic E-state index is 13.1. The van der Waals surface area contributed by atoms with Gasteiger partial charge in [-0.05, 0) is 67.8 Å². The molecule has 2 aromatic rings. The fraction of sp³-hybridized carbons (Fsp3) is 0.519. The zero-order valence-corrected chi connectivity index (χ0v) is 19.4. The van der Waals surface area contributed by atoms with Gasteiger partial charge < -0.3 is 10.1 Å². The second kappa shape index (κ2) is 9.17. The molecular formula is C27H33ClN2O2. The smallest absolute Gasteiger partial charge is 0.223 e. The van der Waals surface area contributed by atoms with Crippen LogP contribution in [0.1, 0.15) is 43.2 Å². The summed E-state index contributed by atoms with van der Waals surface area (Å²) in [6.07, 6.45) is 5.18. The fourth-order valence-corrected chi connectivity index (χ4v) is 5.99. The van der Waals surface area contributed by atoms with Crippen LogP contribution in [0.2, 0.25) is 5.02 Å². The summed E-state index contributed by atoms with van der Waals surface area (Å²) in [7, 11) is 0. The average molecular weight is 453 g/mol. The van der Waals surface area contributed by atoms with Gasteiger partial charge in [-0.1, -0.05) is 60.1 Å². The second-order valence-electron chi connectivity index (χ2n) is 9.96. The number of hydrogen-bond acceptors (Lipinski definition) is 3. The number of hydrogen-bond donors (Lipinski definition) is 1. The van der Waals surface area contributed by atoms with Gasteiger partial charge in [-0.15, -0.1) is 0 Å². The third kappa shape index (κ3) is 4.46. The second-order valence-corrected chi connectivity index (χ2v) is 10.4. The first-order chi connectivity index (χ1) is 15.6. The molecule has 1 spiro atoms. The minimum absolute atomic E-state index is 0.00443. The van der Waals surface area contributed by atoms with Crippen molar-refractivity contribution >= 4 is 17.5 Å². The first-order valence-corrected chi connectivity index (χ1v) is 12.3.